The van der Waals surface area contributed by atoms with E-state index >= 15 is 0 Å². The molecule has 3 amide bonds. The Morgan fingerprint density at radius 2 is 1.67 bits per heavy atom. The topological polar surface area (TPSA) is 91.0 Å². The van der Waals surface area contributed by atoms with E-state index in [0.29, 0.717) is 34.7 Å². The quantitative estimate of drug-likeness (QED) is 0.346. The second kappa shape index (κ2) is 13.7. The Morgan fingerprint density at radius 3 is 2.40 bits per heavy atom. The summed E-state index contributed by atoms with van der Waals surface area (Å²) in [5, 5.41) is 6.56. The van der Waals surface area contributed by atoms with Crippen LogP contribution in [0.25, 0.3) is 0 Å². The fourth-order valence-corrected chi connectivity index (χ4v) is 6.04. The lowest BCUT2D eigenvalue weighted by atomic mass is 10.0. The molecule has 0 radical (unpaired) electrons. The third kappa shape index (κ3) is 7.44. The highest BCUT2D eigenvalue weighted by Gasteiger charge is 2.32. The summed E-state index contributed by atoms with van der Waals surface area (Å²) in [6.07, 6.45) is 2.81. The van der Waals surface area contributed by atoms with E-state index in [1.54, 1.807) is 41.3 Å². The lowest BCUT2D eigenvalue weighted by molar-refractivity contribution is -0.129. The first-order chi connectivity index (χ1) is 20.7. The number of rotatable bonds is 7. The molecule has 43 heavy (non-hydrogen) atoms. The number of benzene rings is 3. The molecular weight excluding hydrogens is 564 g/mol. The average molecular weight is 603 g/mol. The Balaban J connectivity index is 1.29. The molecule has 2 unspecified atom stereocenters. The molecule has 2 aliphatic heterocycles. The van der Waals surface area contributed by atoms with Crippen molar-refractivity contribution in [1.29, 1.82) is 0 Å². The van der Waals surface area contributed by atoms with Crippen LogP contribution in [0.5, 0.6) is 0 Å². The summed E-state index contributed by atoms with van der Waals surface area (Å²) in [6.45, 7) is 5.79. The maximum Gasteiger partial charge on any atom is 0.258 e. The molecule has 226 valence electrons. The number of piperidine rings is 1. The van der Waals surface area contributed by atoms with Crippen molar-refractivity contribution in [3.05, 3.63) is 94.0 Å². The Morgan fingerprint density at radius 1 is 0.953 bits per heavy atom. The van der Waals surface area contributed by atoms with Crippen molar-refractivity contribution in [2.24, 2.45) is 0 Å². The molecule has 2 heterocycles. The minimum absolute atomic E-state index is 0.0546. The van der Waals surface area contributed by atoms with E-state index in [-0.39, 0.29) is 42.5 Å². The highest BCUT2D eigenvalue weighted by molar-refractivity contribution is 6.30. The van der Waals surface area contributed by atoms with E-state index in [9.17, 15) is 14.4 Å². The van der Waals surface area contributed by atoms with Gasteiger partial charge in [0.15, 0.2) is 0 Å². The predicted molar refractivity (Wildman–Crippen MR) is 170 cm³/mol. The number of amides is 3. The van der Waals surface area contributed by atoms with Gasteiger partial charge in [0, 0.05) is 39.5 Å². The van der Waals surface area contributed by atoms with E-state index in [1.165, 1.54) is 0 Å². The maximum atomic E-state index is 13.9. The number of carbonyl (C=O) groups is 3. The zero-order valence-corrected chi connectivity index (χ0v) is 25.7. The summed E-state index contributed by atoms with van der Waals surface area (Å²) in [5.74, 6) is -0.485. The first-order valence-corrected chi connectivity index (χ1v) is 15.3. The molecule has 1 fully saturated rings. The van der Waals surface area contributed by atoms with Crippen molar-refractivity contribution in [2.75, 3.05) is 37.0 Å². The standard InChI is InChI=1S/C34H39ClN4O4/c1-22-6-4-5-7-28(22)33(41)37-26-12-9-24(10-13-26)34(42)39-23(2)8-15-31(29-20-25(35)11-14-30(29)39)43-21-32(40)36-27-16-18-38(3)19-17-27/h4-7,9-14,20,23,27,31H,8,15-19,21H2,1-3H3,(H,36,40)(H,37,41). The molecule has 3 aromatic rings. The molecule has 5 rings (SSSR count). The fourth-order valence-electron chi connectivity index (χ4n) is 5.86. The third-order valence-electron chi connectivity index (χ3n) is 8.38. The van der Waals surface area contributed by atoms with Crippen LogP contribution < -0.4 is 15.5 Å². The highest BCUT2D eigenvalue weighted by Crippen LogP contribution is 2.39. The number of halogens is 1. The lowest BCUT2D eigenvalue weighted by Gasteiger charge is -2.30. The summed E-state index contributed by atoms with van der Waals surface area (Å²) in [5.41, 5.74) is 4.11. The summed E-state index contributed by atoms with van der Waals surface area (Å²) >= 11 is 6.42. The molecule has 0 saturated carbocycles. The van der Waals surface area contributed by atoms with Crippen molar-refractivity contribution in [1.82, 2.24) is 10.2 Å². The molecule has 3 aromatic carbocycles. The number of aryl methyl sites for hydroxylation is 1. The second-order valence-corrected chi connectivity index (χ2v) is 12.0. The fraction of sp³-hybridized carbons (Fsp3) is 0.382. The van der Waals surface area contributed by atoms with Crippen molar-refractivity contribution >= 4 is 40.7 Å². The molecule has 9 heteroatoms. The van der Waals surface area contributed by atoms with Crippen molar-refractivity contribution < 1.29 is 19.1 Å². The van der Waals surface area contributed by atoms with E-state index in [2.05, 4.69) is 22.6 Å². The zero-order chi connectivity index (χ0) is 30.5. The van der Waals surface area contributed by atoms with E-state index in [0.717, 1.165) is 42.7 Å². The predicted octanol–water partition coefficient (Wildman–Crippen LogP) is 6.00. The van der Waals surface area contributed by atoms with Crippen molar-refractivity contribution in [3.63, 3.8) is 0 Å². The summed E-state index contributed by atoms with van der Waals surface area (Å²) in [7, 11) is 2.09. The van der Waals surface area contributed by atoms with E-state index in [4.69, 9.17) is 16.3 Å². The van der Waals surface area contributed by atoms with Gasteiger partial charge in [-0.1, -0.05) is 29.8 Å². The van der Waals surface area contributed by atoms with Gasteiger partial charge in [-0.3, -0.25) is 14.4 Å². The number of likely N-dealkylation sites (tertiary alicyclic amines) is 1. The number of hydrogen-bond donors (Lipinski definition) is 2. The number of nitrogens with zero attached hydrogens (tertiary/aromatic N) is 2. The first-order valence-electron chi connectivity index (χ1n) is 14.9. The SMILES string of the molecule is Cc1ccccc1C(=O)Nc1ccc(C(=O)N2c3ccc(Cl)cc3C(OCC(=O)NC3CCN(C)CC3)CCC2C)cc1. The van der Waals surface area contributed by atoms with Gasteiger partial charge >= 0.3 is 0 Å². The number of carbonyl (C=O) groups excluding carboxylic acids is 3. The summed E-state index contributed by atoms with van der Waals surface area (Å²) in [4.78, 5) is 43.5. The molecule has 2 atom stereocenters. The number of hydrogen-bond acceptors (Lipinski definition) is 5. The normalized spacial score (nSPS) is 19.3. The molecule has 0 spiro atoms. The van der Waals surface area contributed by atoms with Crippen LogP contribution in [0.15, 0.2) is 66.7 Å². The van der Waals surface area contributed by atoms with Gasteiger partial charge in [-0.15, -0.1) is 0 Å². The van der Waals surface area contributed by atoms with E-state index in [1.807, 2.05) is 44.2 Å². The zero-order valence-electron chi connectivity index (χ0n) is 24.9. The monoisotopic (exact) mass is 602 g/mol. The Labute approximate surface area is 258 Å². The minimum Gasteiger partial charge on any atom is -0.364 e. The number of anilines is 2. The molecule has 2 aliphatic rings. The Kier molecular flexibility index (Phi) is 9.80. The molecule has 1 saturated heterocycles. The van der Waals surface area contributed by atoms with Gasteiger partial charge < -0.3 is 25.2 Å². The summed E-state index contributed by atoms with van der Waals surface area (Å²) in [6, 6.07) is 19.8. The molecule has 0 bridgehead atoms. The van der Waals surface area contributed by atoms with Gasteiger partial charge in [0.2, 0.25) is 5.91 Å². The van der Waals surface area contributed by atoms with E-state index < -0.39 is 0 Å². The van der Waals surface area contributed by atoms with Crippen molar-refractivity contribution in [3.8, 4) is 0 Å². The Bertz CT molecular complexity index is 1470. The third-order valence-corrected chi connectivity index (χ3v) is 8.62. The lowest BCUT2D eigenvalue weighted by Crippen LogP contribution is -2.44. The van der Waals surface area contributed by atoms with Crippen molar-refractivity contribution in [2.45, 2.75) is 57.7 Å². The maximum absolute atomic E-state index is 13.9. The van der Waals surface area contributed by atoms with Crippen LogP contribution in [0.1, 0.15) is 70.6 Å². The summed E-state index contributed by atoms with van der Waals surface area (Å²) < 4.78 is 6.19. The highest BCUT2D eigenvalue weighted by atomic mass is 35.5. The minimum atomic E-state index is -0.378. The van der Waals surface area contributed by atoms with Crippen LogP contribution >= 0.6 is 11.6 Å². The number of nitrogens with one attached hydrogen (secondary N) is 2. The number of ether oxygens (including phenoxy) is 1. The largest absolute Gasteiger partial charge is 0.364 e. The smallest absolute Gasteiger partial charge is 0.258 e. The average Bonchev–Trinajstić information content (AvgIpc) is 3.13. The van der Waals surface area contributed by atoms with Gasteiger partial charge in [0.1, 0.15) is 6.61 Å². The molecule has 0 aliphatic carbocycles. The van der Waals surface area contributed by atoms with Crippen LogP contribution in [0, 0.1) is 6.92 Å². The van der Waals surface area contributed by atoms with Crippen LogP contribution in [-0.4, -0.2) is 61.4 Å². The molecular formula is C34H39ClN4O4. The van der Waals surface area contributed by atoms with Crippen LogP contribution in [0.2, 0.25) is 5.02 Å². The molecule has 2 N–H and O–H groups in total. The second-order valence-electron chi connectivity index (χ2n) is 11.6. The van der Waals surface area contributed by atoms with Crippen LogP contribution in [-0.2, 0) is 9.53 Å². The van der Waals surface area contributed by atoms with Gasteiger partial charge in [-0.2, -0.15) is 0 Å². The van der Waals surface area contributed by atoms with Gasteiger partial charge in [-0.25, -0.2) is 0 Å². The van der Waals surface area contributed by atoms with Gasteiger partial charge in [0.25, 0.3) is 11.8 Å². The van der Waals surface area contributed by atoms with Crippen LogP contribution in [0.3, 0.4) is 0 Å². The van der Waals surface area contributed by atoms with Gasteiger partial charge in [-0.05, 0) is 114 Å². The van der Waals surface area contributed by atoms with Gasteiger partial charge in [0.05, 0.1) is 11.8 Å². The molecule has 0 aromatic heterocycles. The Hall–Kier alpha value is -3.72. The van der Waals surface area contributed by atoms with Crippen LogP contribution in [0.4, 0.5) is 11.4 Å². The first kappa shape index (κ1) is 30.7. The molecule has 8 nitrogen and oxygen atoms in total. The number of fused-ring (bicyclic) bond motifs is 1.